The summed E-state index contributed by atoms with van der Waals surface area (Å²) < 4.78 is 2.12. The van der Waals surface area contributed by atoms with E-state index < -0.39 is 0 Å². The average Bonchev–Trinajstić information content (AvgIpc) is 2.63. The van der Waals surface area contributed by atoms with Crippen LogP contribution in [0.5, 0.6) is 0 Å². The number of nitrogens with one attached hydrogen (secondary N) is 1. The summed E-state index contributed by atoms with van der Waals surface area (Å²) in [6.45, 7) is 10.2. The van der Waals surface area contributed by atoms with E-state index in [0.29, 0.717) is 6.04 Å². The Morgan fingerprint density at radius 2 is 2.28 bits per heavy atom. The minimum Gasteiger partial charge on any atom is -0.338 e. The van der Waals surface area contributed by atoms with Crippen molar-refractivity contribution in [2.24, 2.45) is 7.05 Å². The molecule has 1 aromatic rings. The summed E-state index contributed by atoms with van der Waals surface area (Å²) in [5.41, 5.74) is 0.215. The van der Waals surface area contributed by atoms with Crippen molar-refractivity contribution in [2.45, 2.75) is 45.2 Å². The van der Waals surface area contributed by atoms with Crippen molar-refractivity contribution in [3.05, 3.63) is 18.2 Å². The summed E-state index contributed by atoms with van der Waals surface area (Å²) in [7, 11) is 2.07. The first-order chi connectivity index (χ1) is 8.48. The summed E-state index contributed by atoms with van der Waals surface area (Å²) in [6, 6.07) is 0.652. The van der Waals surface area contributed by atoms with E-state index in [1.165, 1.54) is 12.2 Å². The Balaban J connectivity index is 1.96. The molecule has 0 aliphatic carbocycles. The number of aromatic nitrogens is 2. The quantitative estimate of drug-likeness (QED) is 0.881. The Hall–Kier alpha value is -0.870. The molecule has 2 rings (SSSR count). The van der Waals surface area contributed by atoms with Crippen molar-refractivity contribution in [2.75, 3.05) is 19.6 Å². The van der Waals surface area contributed by atoms with E-state index in [9.17, 15) is 0 Å². The zero-order valence-electron chi connectivity index (χ0n) is 12.1. The first-order valence-corrected chi connectivity index (χ1v) is 6.93. The van der Waals surface area contributed by atoms with Crippen LogP contribution >= 0.6 is 0 Å². The summed E-state index contributed by atoms with van der Waals surface area (Å²) in [5.74, 6) is 1.18. The van der Waals surface area contributed by atoms with E-state index >= 15 is 0 Å². The lowest BCUT2D eigenvalue weighted by molar-refractivity contribution is 0.182. The van der Waals surface area contributed by atoms with Gasteiger partial charge in [-0.2, -0.15) is 0 Å². The van der Waals surface area contributed by atoms with E-state index in [2.05, 4.69) is 47.6 Å². The van der Waals surface area contributed by atoms with Gasteiger partial charge < -0.3 is 9.88 Å². The second-order valence-electron chi connectivity index (χ2n) is 6.12. The third-order valence-corrected chi connectivity index (χ3v) is 3.93. The van der Waals surface area contributed by atoms with Crippen molar-refractivity contribution in [3.8, 4) is 0 Å². The molecule has 2 heterocycles. The van der Waals surface area contributed by atoms with E-state index in [4.69, 9.17) is 0 Å². The molecule has 1 N–H and O–H groups in total. The number of imidazole rings is 1. The molecule has 1 aliphatic rings. The average molecular weight is 250 g/mol. The Labute approximate surface area is 110 Å². The van der Waals surface area contributed by atoms with Gasteiger partial charge in [0.25, 0.3) is 0 Å². The van der Waals surface area contributed by atoms with Gasteiger partial charge >= 0.3 is 0 Å². The molecule has 1 atom stereocenters. The van der Waals surface area contributed by atoms with Crippen molar-refractivity contribution < 1.29 is 0 Å². The van der Waals surface area contributed by atoms with Crippen LogP contribution in [0, 0.1) is 0 Å². The Morgan fingerprint density at radius 3 is 2.94 bits per heavy atom. The summed E-state index contributed by atoms with van der Waals surface area (Å²) in [4.78, 5) is 7.00. The lowest BCUT2D eigenvalue weighted by Gasteiger charge is -2.32. The number of aryl methyl sites for hydroxylation is 1. The van der Waals surface area contributed by atoms with Gasteiger partial charge in [0.05, 0.1) is 0 Å². The van der Waals surface area contributed by atoms with E-state index in [1.807, 2.05) is 12.4 Å². The molecule has 0 saturated carbocycles. The zero-order chi connectivity index (χ0) is 13.2. The maximum Gasteiger partial charge on any atom is 0.109 e. The number of rotatable bonds is 3. The largest absolute Gasteiger partial charge is 0.338 e. The summed E-state index contributed by atoms with van der Waals surface area (Å²) in [5, 5.41) is 3.62. The molecular formula is C14H26N4. The first-order valence-electron chi connectivity index (χ1n) is 6.93. The Kier molecular flexibility index (Phi) is 4.07. The lowest BCUT2D eigenvalue weighted by atomic mass is 10.1. The topological polar surface area (TPSA) is 33.1 Å². The maximum absolute atomic E-state index is 4.41. The van der Waals surface area contributed by atoms with Gasteiger partial charge in [0.2, 0.25) is 0 Å². The molecule has 0 radical (unpaired) electrons. The van der Waals surface area contributed by atoms with Crippen LogP contribution in [-0.4, -0.2) is 45.7 Å². The molecule has 4 nitrogen and oxygen atoms in total. The van der Waals surface area contributed by atoms with Crippen molar-refractivity contribution in [1.82, 2.24) is 19.8 Å². The Morgan fingerprint density at radius 1 is 1.50 bits per heavy atom. The van der Waals surface area contributed by atoms with E-state index in [1.54, 1.807) is 0 Å². The monoisotopic (exact) mass is 250 g/mol. The van der Waals surface area contributed by atoms with Crippen molar-refractivity contribution in [1.29, 1.82) is 0 Å². The van der Waals surface area contributed by atoms with Crippen molar-refractivity contribution in [3.63, 3.8) is 0 Å². The predicted octanol–water partition coefficient (Wildman–Crippen LogP) is 1.42. The molecular weight excluding hydrogens is 224 g/mol. The number of nitrogens with zero attached hydrogens (tertiary/aromatic N) is 3. The van der Waals surface area contributed by atoms with E-state index in [0.717, 1.165) is 26.1 Å². The highest BCUT2D eigenvalue weighted by atomic mass is 15.2. The second kappa shape index (κ2) is 5.41. The fourth-order valence-electron chi connectivity index (χ4n) is 2.70. The third-order valence-electron chi connectivity index (χ3n) is 3.93. The molecule has 1 fully saturated rings. The third kappa shape index (κ3) is 3.33. The normalized spacial score (nSPS) is 25.0. The van der Waals surface area contributed by atoms with Crippen LogP contribution in [0.15, 0.2) is 12.4 Å². The zero-order valence-corrected chi connectivity index (χ0v) is 12.1. The van der Waals surface area contributed by atoms with Crippen LogP contribution in [0.1, 0.15) is 33.0 Å². The predicted molar refractivity (Wildman–Crippen MR) is 74.6 cm³/mol. The fourth-order valence-corrected chi connectivity index (χ4v) is 2.70. The first kappa shape index (κ1) is 13.6. The molecule has 0 spiro atoms. The Bertz CT molecular complexity index is 383. The highest BCUT2D eigenvalue weighted by Crippen LogP contribution is 2.15. The highest BCUT2D eigenvalue weighted by Gasteiger charge is 2.27. The van der Waals surface area contributed by atoms with Crippen LogP contribution in [0.3, 0.4) is 0 Å². The standard InChI is InChI=1S/C14H26N4/c1-12-5-7-16-14(2,3)11-18(12)9-6-13-15-8-10-17(13)4/h8,10,12,16H,5-7,9,11H2,1-4H3. The summed E-state index contributed by atoms with van der Waals surface area (Å²) >= 11 is 0. The molecule has 18 heavy (non-hydrogen) atoms. The SMILES string of the molecule is CC1CCNC(C)(C)CN1CCc1nccn1C. The second-order valence-corrected chi connectivity index (χ2v) is 6.12. The van der Waals surface area contributed by atoms with Gasteiger partial charge in [-0.05, 0) is 33.7 Å². The van der Waals surface area contributed by atoms with Gasteiger partial charge in [0.1, 0.15) is 5.82 Å². The number of hydrogen-bond donors (Lipinski definition) is 1. The molecule has 0 aromatic carbocycles. The van der Waals surface area contributed by atoms with E-state index in [-0.39, 0.29) is 5.54 Å². The molecule has 4 heteroatoms. The van der Waals surface area contributed by atoms with Crippen LogP contribution in [-0.2, 0) is 13.5 Å². The van der Waals surface area contributed by atoms with Gasteiger partial charge in [-0.15, -0.1) is 0 Å². The minimum atomic E-state index is 0.215. The highest BCUT2D eigenvalue weighted by molar-refractivity contribution is 4.94. The maximum atomic E-state index is 4.41. The van der Waals surface area contributed by atoms with Crippen molar-refractivity contribution >= 4 is 0 Å². The molecule has 1 aromatic heterocycles. The molecule has 1 unspecified atom stereocenters. The van der Waals surface area contributed by atoms with Crippen LogP contribution < -0.4 is 5.32 Å². The van der Waals surface area contributed by atoms with Gasteiger partial charge in [-0.1, -0.05) is 0 Å². The minimum absolute atomic E-state index is 0.215. The smallest absolute Gasteiger partial charge is 0.109 e. The number of hydrogen-bond acceptors (Lipinski definition) is 3. The van der Waals surface area contributed by atoms with Gasteiger partial charge in [-0.25, -0.2) is 4.98 Å². The lowest BCUT2D eigenvalue weighted by Crippen LogP contribution is -2.48. The summed E-state index contributed by atoms with van der Waals surface area (Å²) in [6.07, 6.45) is 6.16. The van der Waals surface area contributed by atoms with Gasteiger partial charge in [-0.3, -0.25) is 4.90 Å². The molecule has 1 aliphatic heterocycles. The molecule has 0 amide bonds. The fraction of sp³-hybridized carbons (Fsp3) is 0.786. The molecule has 102 valence electrons. The van der Waals surface area contributed by atoms with Crippen LogP contribution in [0.25, 0.3) is 0 Å². The van der Waals surface area contributed by atoms with Gasteiger partial charge in [0.15, 0.2) is 0 Å². The van der Waals surface area contributed by atoms with Gasteiger partial charge in [0, 0.05) is 50.5 Å². The molecule has 1 saturated heterocycles. The van der Waals surface area contributed by atoms with Crippen LogP contribution in [0.2, 0.25) is 0 Å². The molecule has 0 bridgehead atoms. The van der Waals surface area contributed by atoms with Crippen LogP contribution in [0.4, 0.5) is 0 Å².